The monoisotopic (exact) mass is 150 g/mol. The second-order valence-corrected chi connectivity index (χ2v) is 3.28. The van der Waals surface area contributed by atoms with E-state index < -0.39 is 0 Å². The summed E-state index contributed by atoms with van der Waals surface area (Å²) in [6.45, 7) is 0.992. The van der Waals surface area contributed by atoms with E-state index in [-0.39, 0.29) is 0 Å². The van der Waals surface area contributed by atoms with Crippen LogP contribution >= 0.6 is 0 Å². The molecule has 0 aromatic carbocycles. The van der Waals surface area contributed by atoms with Crippen LogP contribution in [0.1, 0.15) is 32.1 Å². The number of allylic oxidation sites excluding steroid dienone is 1. The van der Waals surface area contributed by atoms with Crippen molar-refractivity contribution in [2.45, 2.75) is 32.1 Å². The van der Waals surface area contributed by atoms with Crippen LogP contribution in [0.25, 0.3) is 0 Å². The van der Waals surface area contributed by atoms with E-state index in [2.05, 4.69) is 10.5 Å². The highest BCUT2D eigenvalue weighted by molar-refractivity contribution is 5.80. The minimum atomic E-state index is 0.992. The van der Waals surface area contributed by atoms with Gasteiger partial charge in [-0.05, 0) is 36.8 Å². The highest BCUT2D eigenvalue weighted by Gasteiger charge is 2.11. The predicted molar refractivity (Wildman–Crippen MR) is 46.6 cm³/mol. The molecule has 0 spiro atoms. The molecule has 0 aromatic rings. The lowest BCUT2D eigenvalue weighted by molar-refractivity contribution is 0.695. The summed E-state index contributed by atoms with van der Waals surface area (Å²) in [5.74, 6) is 0. The van der Waals surface area contributed by atoms with Crippen LogP contribution in [-0.2, 0) is 0 Å². The Morgan fingerprint density at radius 2 is 2.09 bits per heavy atom. The Morgan fingerprint density at radius 3 is 3.09 bits per heavy atom. The van der Waals surface area contributed by atoms with Crippen molar-refractivity contribution in [2.24, 2.45) is 5.10 Å². The molecule has 0 fully saturated rings. The zero-order valence-electron chi connectivity index (χ0n) is 6.77. The normalized spacial score (nSPS) is 24.0. The van der Waals surface area contributed by atoms with Gasteiger partial charge in [-0.15, -0.1) is 0 Å². The van der Waals surface area contributed by atoms with E-state index in [1.54, 1.807) is 5.57 Å². The molecular formula is C9H14N2. The van der Waals surface area contributed by atoms with Gasteiger partial charge in [0, 0.05) is 6.21 Å². The standard InChI is InChI=1S/C9H14N2/c1-2-4-8-6-10-11-7-9(8)5-3-1/h6,11H,1-5,7H2. The number of nitrogens with zero attached hydrogens (tertiary/aromatic N) is 1. The average molecular weight is 150 g/mol. The van der Waals surface area contributed by atoms with Gasteiger partial charge in [0.1, 0.15) is 0 Å². The first-order valence-corrected chi connectivity index (χ1v) is 4.43. The molecule has 0 bridgehead atoms. The van der Waals surface area contributed by atoms with Crippen molar-refractivity contribution in [2.75, 3.05) is 6.54 Å². The highest BCUT2D eigenvalue weighted by atomic mass is 15.3. The lowest BCUT2D eigenvalue weighted by Gasteiger charge is -2.13. The molecular weight excluding hydrogens is 136 g/mol. The fourth-order valence-corrected chi connectivity index (χ4v) is 1.79. The van der Waals surface area contributed by atoms with Gasteiger partial charge in [-0.1, -0.05) is 6.42 Å². The Labute approximate surface area is 67.4 Å². The molecule has 2 heteroatoms. The number of hydrogen-bond donors (Lipinski definition) is 1. The van der Waals surface area contributed by atoms with Gasteiger partial charge in [0.2, 0.25) is 0 Å². The third-order valence-corrected chi connectivity index (χ3v) is 2.48. The number of nitrogens with one attached hydrogen (secondary N) is 1. The molecule has 0 saturated carbocycles. The summed E-state index contributed by atoms with van der Waals surface area (Å²) in [6, 6.07) is 0. The summed E-state index contributed by atoms with van der Waals surface area (Å²) in [4.78, 5) is 0. The third-order valence-electron chi connectivity index (χ3n) is 2.48. The van der Waals surface area contributed by atoms with Crippen molar-refractivity contribution in [3.8, 4) is 0 Å². The summed E-state index contributed by atoms with van der Waals surface area (Å²) >= 11 is 0. The van der Waals surface area contributed by atoms with Crippen LogP contribution in [0, 0.1) is 0 Å². The summed E-state index contributed by atoms with van der Waals surface area (Å²) in [5.41, 5.74) is 6.12. The van der Waals surface area contributed by atoms with Gasteiger partial charge in [-0.3, -0.25) is 0 Å². The van der Waals surface area contributed by atoms with Crippen molar-refractivity contribution in [1.29, 1.82) is 0 Å². The Hall–Kier alpha value is -0.790. The van der Waals surface area contributed by atoms with Gasteiger partial charge in [0.15, 0.2) is 0 Å². The average Bonchev–Trinajstić information content (AvgIpc) is 2.28. The van der Waals surface area contributed by atoms with Crippen LogP contribution in [0.4, 0.5) is 0 Å². The third kappa shape index (κ3) is 1.44. The van der Waals surface area contributed by atoms with Crippen LogP contribution < -0.4 is 5.43 Å². The molecule has 2 rings (SSSR count). The van der Waals surface area contributed by atoms with Crippen molar-refractivity contribution < 1.29 is 0 Å². The van der Waals surface area contributed by atoms with Gasteiger partial charge >= 0.3 is 0 Å². The fraction of sp³-hybridized carbons (Fsp3) is 0.667. The van der Waals surface area contributed by atoms with Crippen molar-refractivity contribution in [3.63, 3.8) is 0 Å². The van der Waals surface area contributed by atoms with Crippen LogP contribution in [0.15, 0.2) is 16.2 Å². The molecule has 1 aliphatic carbocycles. The Bertz CT molecular complexity index is 204. The minimum absolute atomic E-state index is 0.992. The van der Waals surface area contributed by atoms with E-state index in [9.17, 15) is 0 Å². The van der Waals surface area contributed by atoms with Crippen LogP contribution in [-0.4, -0.2) is 12.8 Å². The molecule has 2 nitrogen and oxygen atoms in total. The fourth-order valence-electron chi connectivity index (χ4n) is 1.79. The van der Waals surface area contributed by atoms with Gasteiger partial charge in [-0.25, -0.2) is 0 Å². The predicted octanol–water partition coefficient (Wildman–Crippen LogP) is 1.84. The molecule has 11 heavy (non-hydrogen) atoms. The SMILES string of the molecule is C1=NNCC2=C1CCCCC2. The van der Waals surface area contributed by atoms with E-state index in [1.807, 2.05) is 6.21 Å². The van der Waals surface area contributed by atoms with Crippen LogP contribution in [0.5, 0.6) is 0 Å². The first-order chi connectivity index (χ1) is 5.47. The number of hydrogen-bond acceptors (Lipinski definition) is 2. The molecule has 0 aromatic heterocycles. The zero-order valence-corrected chi connectivity index (χ0v) is 6.77. The molecule has 0 saturated heterocycles. The Kier molecular flexibility index (Phi) is 1.93. The maximum Gasteiger partial charge on any atom is 0.0546 e. The number of hydrazone groups is 1. The molecule has 1 aliphatic heterocycles. The Balaban J connectivity index is 2.17. The quantitative estimate of drug-likeness (QED) is 0.559. The molecule has 1 N–H and O–H groups in total. The Morgan fingerprint density at radius 1 is 1.18 bits per heavy atom. The van der Waals surface area contributed by atoms with Gasteiger partial charge in [0.05, 0.1) is 6.54 Å². The summed E-state index contributed by atoms with van der Waals surface area (Å²) in [6.07, 6.45) is 8.65. The molecule has 1 heterocycles. The molecule has 0 atom stereocenters. The molecule has 60 valence electrons. The molecule has 0 radical (unpaired) electrons. The smallest absolute Gasteiger partial charge is 0.0546 e. The summed E-state index contributed by atoms with van der Waals surface area (Å²) in [5, 5.41) is 4.07. The van der Waals surface area contributed by atoms with Crippen molar-refractivity contribution in [1.82, 2.24) is 5.43 Å². The van der Waals surface area contributed by atoms with E-state index >= 15 is 0 Å². The van der Waals surface area contributed by atoms with Crippen molar-refractivity contribution >= 4 is 6.21 Å². The zero-order chi connectivity index (χ0) is 7.52. The summed E-state index contributed by atoms with van der Waals surface area (Å²) in [7, 11) is 0. The van der Waals surface area contributed by atoms with Crippen LogP contribution in [0.2, 0.25) is 0 Å². The van der Waals surface area contributed by atoms with E-state index in [0.29, 0.717) is 0 Å². The first kappa shape index (κ1) is 6.89. The van der Waals surface area contributed by atoms with E-state index in [1.165, 1.54) is 37.7 Å². The first-order valence-electron chi connectivity index (χ1n) is 4.43. The highest BCUT2D eigenvalue weighted by Crippen LogP contribution is 2.23. The van der Waals surface area contributed by atoms with Gasteiger partial charge in [0.25, 0.3) is 0 Å². The minimum Gasteiger partial charge on any atom is -0.306 e. The lowest BCUT2D eigenvalue weighted by Crippen LogP contribution is -2.17. The lowest BCUT2D eigenvalue weighted by atomic mass is 10.0. The largest absolute Gasteiger partial charge is 0.306 e. The maximum atomic E-state index is 4.07. The van der Waals surface area contributed by atoms with Gasteiger partial charge < -0.3 is 5.43 Å². The van der Waals surface area contributed by atoms with Crippen LogP contribution in [0.3, 0.4) is 0 Å². The molecule has 2 aliphatic rings. The maximum absolute atomic E-state index is 4.07. The second kappa shape index (κ2) is 3.07. The van der Waals surface area contributed by atoms with E-state index in [4.69, 9.17) is 0 Å². The second-order valence-electron chi connectivity index (χ2n) is 3.28. The number of rotatable bonds is 0. The summed E-state index contributed by atoms with van der Waals surface area (Å²) < 4.78 is 0. The molecule has 0 amide bonds. The topological polar surface area (TPSA) is 24.4 Å². The van der Waals surface area contributed by atoms with Gasteiger partial charge in [-0.2, -0.15) is 5.10 Å². The van der Waals surface area contributed by atoms with E-state index in [0.717, 1.165) is 6.54 Å². The molecule has 0 unspecified atom stereocenters. The van der Waals surface area contributed by atoms with Crippen molar-refractivity contribution in [3.05, 3.63) is 11.1 Å².